The Morgan fingerprint density at radius 2 is 1.62 bits per heavy atom. The summed E-state index contributed by atoms with van der Waals surface area (Å²) < 4.78 is 27.0. The van der Waals surface area contributed by atoms with E-state index in [2.05, 4.69) is 4.90 Å². The first kappa shape index (κ1) is 17.4. The van der Waals surface area contributed by atoms with Crippen LogP contribution in [0.4, 0.5) is 0 Å². The first-order valence-electron chi connectivity index (χ1n) is 8.82. The second-order valence-electron chi connectivity index (χ2n) is 6.84. The number of nitriles is 1. The van der Waals surface area contributed by atoms with Crippen molar-refractivity contribution in [2.75, 3.05) is 32.7 Å². The first-order valence-corrected chi connectivity index (χ1v) is 10.3. The highest BCUT2D eigenvalue weighted by Gasteiger charge is 2.29. The van der Waals surface area contributed by atoms with Gasteiger partial charge in [0.2, 0.25) is 10.0 Å². The van der Waals surface area contributed by atoms with Crippen LogP contribution in [0.1, 0.15) is 37.7 Å². The van der Waals surface area contributed by atoms with E-state index in [-0.39, 0.29) is 4.90 Å². The molecule has 1 aromatic rings. The van der Waals surface area contributed by atoms with Crippen LogP contribution in [0.5, 0.6) is 0 Å². The van der Waals surface area contributed by atoms with Gasteiger partial charge >= 0.3 is 0 Å². The smallest absolute Gasteiger partial charge is 0.243 e. The Hall–Kier alpha value is -1.42. The van der Waals surface area contributed by atoms with Gasteiger partial charge in [-0.1, -0.05) is 19.3 Å². The van der Waals surface area contributed by atoms with Crippen molar-refractivity contribution in [3.63, 3.8) is 0 Å². The fraction of sp³-hybridized carbons (Fsp3) is 0.611. The number of hydrogen-bond acceptors (Lipinski definition) is 4. The van der Waals surface area contributed by atoms with Crippen molar-refractivity contribution < 1.29 is 8.42 Å². The van der Waals surface area contributed by atoms with E-state index in [0.717, 1.165) is 25.6 Å². The lowest BCUT2D eigenvalue weighted by Gasteiger charge is -2.36. The lowest BCUT2D eigenvalue weighted by Crippen LogP contribution is -2.49. The third-order valence-corrected chi connectivity index (χ3v) is 7.11. The Balaban J connectivity index is 1.57. The quantitative estimate of drug-likeness (QED) is 0.839. The van der Waals surface area contributed by atoms with E-state index < -0.39 is 10.0 Å². The summed E-state index contributed by atoms with van der Waals surface area (Å²) in [4.78, 5) is 2.70. The molecule has 0 bridgehead atoms. The van der Waals surface area contributed by atoms with Crippen LogP contribution in [0, 0.1) is 17.2 Å². The molecule has 0 radical (unpaired) electrons. The lowest BCUT2D eigenvalue weighted by atomic mass is 9.89. The summed E-state index contributed by atoms with van der Waals surface area (Å²) in [6.07, 6.45) is 6.70. The summed E-state index contributed by atoms with van der Waals surface area (Å²) in [5.74, 6) is 0.792. The summed E-state index contributed by atoms with van der Waals surface area (Å²) in [5, 5.41) is 8.83. The summed E-state index contributed by atoms with van der Waals surface area (Å²) in [5.41, 5.74) is 0.478. The molecule has 1 saturated carbocycles. The van der Waals surface area contributed by atoms with E-state index in [1.54, 1.807) is 16.4 Å². The van der Waals surface area contributed by atoms with Gasteiger partial charge in [0, 0.05) is 32.7 Å². The van der Waals surface area contributed by atoms with E-state index in [1.165, 1.54) is 44.2 Å². The van der Waals surface area contributed by atoms with Crippen LogP contribution in [0.25, 0.3) is 0 Å². The molecule has 3 rings (SSSR count). The molecule has 0 aromatic heterocycles. The molecule has 0 amide bonds. The van der Waals surface area contributed by atoms with Crippen LogP contribution < -0.4 is 0 Å². The molecule has 0 atom stereocenters. The van der Waals surface area contributed by atoms with Gasteiger partial charge < -0.3 is 4.90 Å². The molecule has 1 aliphatic carbocycles. The molecule has 1 saturated heterocycles. The largest absolute Gasteiger partial charge is 0.300 e. The zero-order chi connectivity index (χ0) is 17.0. The highest BCUT2D eigenvalue weighted by Crippen LogP contribution is 2.25. The van der Waals surface area contributed by atoms with E-state index >= 15 is 0 Å². The number of hydrogen-bond donors (Lipinski definition) is 0. The van der Waals surface area contributed by atoms with Gasteiger partial charge in [-0.15, -0.1) is 0 Å². The normalized spacial score (nSPS) is 21.5. The van der Waals surface area contributed by atoms with Crippen molar-refractivity contribution in [2.45, 2.75) is 37.0 Å². The standard InChI is InChI=1S/C18H25N3O2S/c19-14-16-6-8-18(9-7-16)24(22,23)21-12-10-20(11-13-21)15-17-4-2-1-3-5-17/h6-9,17H,1-5,10-13,15H2. The fourth-order valence-corrected chi connectivity index (χ4v) is 5.16. The molecule has 0 N–H and O–H groups in total. The fourth-order valence-electron chi connectivity index (χ4n) is 3.74. The SMILES string of the molecule is N#Cc1ccc(S(=O)(=O)N2CCN(CC3CCCCC3)CC2)cc1. The van der Waals surface area contributed by atoms with Gasteiger partial charge in [-0.05, 0) is 43.0 Å². The predicted molar refractivity (Wildman–Crippen MR) is 92.9 cm³/mol. The topological polar surface area (TPSA) is 64.4 Å². The molecule has 2 fully saturated rings. The van der Waals surface area contributed by atoms with Gasteiger partial charge in [-0.2, -0.15) is 9.57 Å². The van der Waals surface area contributed by atoms with Gasteiger partial charge in [0.05, 0.1) is 16.5 Å². The van der Waals surface area contributed by atoms with E-state index in [4.69, 9.17) is 5.26 Å². The summed E-state index contributed by atoms with van der Waals surface area (Å²) in [6, 6.07) is 8.20. The highest BCUT2D eigenvalue weighted by atomic mass is 32.2. The molecule has 130 valence electrons. The van der Waals surface area contributed by atoms with Gasteiger partial charge in [-0.3, -0.25) is 0 Å². The summed E-state index contributed by atoms with van der Waals surface area (Å²) in [7, 11) is -3.45. The Bertz CT molecular complexity index is 680. The Morgan fingerprint density at radius 3 is 2.21 bits per heavy atom. The number of nitrogens with zero attached hydrogens (tertiary/aromatic N) is 3. The van der Waals surface area contributed by atoms with Crippen LogP contribution in [0.15, 0.2) is 29.2 Å². The molecule has 2 aliphatic rings. The van der Waals surface area contributed by atoms with Gasteiger partial charge in [0.1, 0.15) is 0 Å². The van der Waals surface area contributed by atoms with Gasteiger partial charge in [0.15, 0.2) is 0 Å². The molecule has 1 heterocycles. The second-order valence-corrected chi connectivity index (χ2v) is 8.78. The maximum Gasteiger partial charge on any atom is 0.243 e. The molecule has 1 aliphatic heterocycles. The van der Waals surface area contributed by atoms with Crippen LogP contribution in [0.2, 0.25) is 0 Å². The molecular weight excluding hydrogens is 322 g/mol. The third-order valence-electron chi connectivity index (χ3n) is 5.19. The Morgan fingerprint density at radius 1 is 1.00 bits per heavy atom. The van der Waals surface area contributed by atoms with Gasteiger partial charge in [-0.25, -0.2) is 8.42 Å². The van der Waals surface area contributed by atoms with Gasteiger partial charge in [0.25, 0.3) is 0 Å². The Kier molecular flexibility index (Phi) is 5.54. The molecule has 0 spiro atoms. The van der Waals surface area contributed by atoms with Crippen molar-refractivity contribution in [1.82, 2.24) is 9.21 Å². The van der Waals surface area contributed by atoms with Crippen LogP contribution in [0.3, 0.4) is 0 Å². The molecule has 0 unspecified atom stereocenters. The minimum absolute atomic E-state index is 0.280. The van der Waals surface area contributed by atoms with Crippen molar-refractivity contribution in [1.29, 1.82) is 5.26 Å². The maximum atomic E-state index is 12.7. The monoisotopic (exact) mass is 347 g/mol. The van der Waals surface area contributed by atoms with Crippen LogP contribution in [-0.2, 0) is 10.0 Å². The molecule has 1 aromatic carbocycles. The number of sulfonamides is 1. The predicted octanol–water partition coefficient (Wildman–Crippen LogP) is 2.44. The number of piperazine rings is 1. The first-order chi connectivity index (χ1) is 11.6. The molecular formula is C18H25N3O2S. The summed E-state index contributed by atoms with van der Waals surface area (Å²) >= 11 is 0. The van der Waals surface area contributed by atoms with E-state index in [0.29, 0.717) is 18.7 Å². The van der Waals surface area contributed by atoms with Crippen LogP contribution >= 0.6 is 0 Å². The Labute approximate surface area is 144 Å². The zero-order valence-corrected chi connectivity index (χ0v) is 14.8. The number of benzene rings is 1. The zero-order valence-electron chi connectivity index (χ0n) is 14.0. The van der Waals surface area contributed by atoms with Crippen LogP contribution in [-0.4, -0.2) is 50.3 Å². The van der Waals surface area contributed by atoms with E-state index in [9.17, 15) is 8.42 Å². The average molecular weight is 347 g/mol. The second kappa shape index (κ2) is 7.64. The number of rotatable bonds is 4. The molecule has 6 heteroatoms. The van der Waals surface area contributed by atoms with Crippen molar-refractivity contribution in [3.05, 3.63) is 29.8 Å². The highest BCUT2D eigenvalue weighted by molar-refractivity contribution is 7.89. The minimum atomic E-state index is -3.45. The average Bonchev–Trinajstić information content (AvgIpc) is 2.63. The lowest BCUT2D eigenvalue weighted by molar-refractivity contribution is 0.150. The van der Waals surface area contributed by atoms with Crippen molar-refractivity contribution in [2.24, 2.45) is 5.92 Å². The van der Waals surface area contributed by atoms with E-state index in [1.807, 2.05) is 6.07 Å². The summed E-state index contributed by atoms with van der Waals surface area (Å²) in [6.45, 7) is 3.84. The van der Waals surface area contributed by atoms with Crippen molar-refractivity contribution >= 4 is 10.0 Å². The molecule has 5 nitrogen and oxygen atoms in total. The maximum absolute atomic E-state index is 12.7. The molecule has 24 heavy (non-hydrogen) atoms. The van der Waals surface area contributed by atoms with Crippen molar-refractivity contribution in [3.8, 4) is 6.07 Å². The third kappa shape index (κ3) is 3.97. The minimum Gasteiger partial charge on any atom is -0.300 e.